The highest BCUT2D eigenvalue weighted by Crippen LogP contribution is 2.31. The second kappa shape index (κ2) is 10.5. The summed E-state index contributed by atoms with van der Waals surface area (Å²) < 4.78 is 5.33. The van der Waals surface area contributed by atoms with Crippen molar-refractivity contribution in [2.24, 2.45) is 5.92 Å². The van der Waals surface area contributed by atoms with Crippen molar-refractivity contribution in [1.29, 1.82) is 0 Å². The Kier molecular flexibility index (Phi) is 7.04. The standard InChI is InChI=1S/C28H34N4O3/c1-35-22-10-6-19(7-11-22)24(25-17-29-26-5-3-2-4-23(25)26)16-30-27(33)18-32-14-12-20(13-15-32)28(34)31-21-8-9-21/h2-7,10-11,17,20-21,24,29H,8-9,12-16,18H2,1H3,(H,30,33)(H,31,34). The monoisotopic (exact) mass is 474 g/mol. The summed E-state index contributed by atoms with van der Waals surface area (Å²) in [4.78, 5) is 30.7. The largest absolute Gasteiger partial charge is 0.497 e. The second-order valence-corrected chi connectivity index (χ2v) is 9.75. The Morgan fingerprint density at radius 1 is 1.06 bits per heavy atom. The highest BCUT2D eigenvalue weighted by molar-refractivity contribution is 5.84. The number of likely N-dealkylation sites (tertiary alicyclic amines) is 1. The molecule has 2 aromatic carbocycles. The van der Waals surface area contributed by atoms with E-state index in [1.54, 1.807) is 7.11 Å². The topological polar surface area (TPSA) is 86.5 Å². The van der Waals surface area contributed by atoms with Crippen LogP contribution >= 0.6 is 0 Å². The molecule has 1 aliphatic carbocycles. The molecular weight excluding hydrogens is 440 g/mol. The van der Waals surface area contributed by atoms with E-state index in [1.165, 1.54) is 0 Å². The molecule has 2 aliphatic rings. The van der Waals surface area contributed by atoms with E-state index in [2.05, 4.69) is 44.8 Å². The number of hydrogen-bond donors (Lipinski definition) is 3. The lowest BCUT2D eigenvalue weighted by molar-refractivity contribution is -0.127. The van der Waals surface area contributed by atoms with E-state index < -0.39 is 0 Å². The number of methoxy groups -OCH3 is 1. The number of hydrogen-bond acceptors (Lipinski definition) is 4. The van der Waals surface area contributed by atoms with Gasteiger partial charge in [0.1, 0.15) is 5.75 Å². The number of ether oxygens (including phenoxy) is 1. The summed E-state index contributed by atoms with van der Waals surface area (Å²) in [5, 5.41) is 7.45. The van der Waals surface area contributed by atoms with Crippen LogP contribution in [0.25, 0.3) is 10.9 Å². The molecule has 1 aliphatic heterocycles. The minimum absolute atomic E-state index is 0.0119. The number of aromatic nitrogens is 1. The Morgan fingerprint density at radius 3 is 2.51 bits per heavy atom. The maximum atomic E-state index is 12.9. The van der Waals surface area contributed by atoms with Gasteiger partial charge < -0.3 is 20.4 Å². The van der Waals surface area contributed by atoms with Crippen LogP contribution in [0.5, 0.6) is 5.75 Å². The number of aromatic amines is 1. The number of amides is 2. The number of nitrogens with one attached hydrogen (secondary N) is 3. The molecule has 1 saturated carbocycles. The molecule has 7 heteroatoms. The summed E-state index contributed by atoms with van der Waals surface area (Å²) in [7, 11) is 1.66. The van der Waals surface area contributed by atoms with E-state index in [1.807, 2.05) is 30.5 Å². The van der Waals surface area contributed by atoms with Gasteiger partial charge in [-0.2, -0.15) is 0 Å². The number of piperidine rings is 1. The van der Waals surface area contributed by atoms with Crippen LogP contribution in [-0.4, -0.2) is 61.0 Å². The molecule has 35 heavy (non-hydrogen) atoms. The third-order valence-corrected chi connectivity index (χ3v) is 7.27. The van der Waals surface area contributed by atoms with E-state index in [0.717, 1.165) is 66.6 Å². The zero-order chi connectivity index (χ0) is 24.2. The Bertz CT molecular complexity index is 1160. The van der Waals surface area contributed by atoms with E-state index in [9.17, 15) is 9.59 Å². The zero-order valence-electron chi connectivity index (χ0n) is 20.3. The molecule has 0 radical (unpaired) electrons. The third kappa shape index (κ3) is 5.68. The fourth-order valence-electron chi connectivity index (χ4n) is 5.00. The molecule has 7 nitrogen and oxygen atoms in total. The molecule has 1 unspecified atom stereocenters. The van der Waals surface area contributed by atoms with Gasteiger partial charge in [0.25, 0.3) is 0 Å². The molecule has 0 bridgehead atoms. The molecule has 1 atom stereocenters. The SMILES string of the molecule is COc1ccc(C(CNC(=O)CN2CCC(C(=O)NC3CC3)CC2)c2c[nH]c3ccccc23)cc1. The Balaban J connectivity index is 1.21. The van der Waals surface area contributed by atoms with Crippen LogP contribution in [-0.2, 0) is 9.59 Å². The van der Waals surface area contributed by atoms with Crippen LogP contribution in [0, 0.1) is 5.92 Å². The lowest BCUT2D eigenvalue weighted by Crippen LogP contribution is -2.45. The van der Waals surface area contributed by atoms with Crippen molar-refractivity contribution < 1.29 is 14.3 Å². The molecule has 2 heterocycles. The van der Waals surface area contributed by atoms with E-state index in [-0.39, 0.29) is 23.7 Å². The fourth-order valence-corrected chi connectivity index (χ4v) is 5.00. The van der Waals surface area contributed by atoms with Crippen molar-refractivity contribution in [3.8, 4) is 5.75 Å². The summed E-state index contributed by atoms with van der Waals surface area (Å²) in [6.45, 7) is 2.43. The second-order valence-electron chi connectivity index (χ2n) is 9.75. The summed E-state index contributed by atoms with van der Waals surface area (Å²) in [5.41, 5.74) is 3.37. The number of nitrogens with zero attached hydrogens (tertiary/aromatic N) is 1. The van der Waals surface area contributed by atoms with E-state index >= 15 is 0 Å². The van der Waals surface area contributed by atoms with E-state index in [0.29, 0.717) is 19.1 Å². The Hall–Kier alpha value is -3.32. The highest BCUT2D eigenvalue weighted by atomic mass is 16.5. The molecule has 5 rings (SSSR count). The molecule has 2 amide bonds. The van der Waals surface area contributed by atoms with Crippen LogP contribution in [0.4, 0.5) is 0 Å². The lowest BCUT2D eigenvalue weighted by atomic mass is 9.90. The van der Waals surface area contributed by atoms with Gasteiger partial charge in [0, 0.05) is 41.5 Å². The third-order valence-electron chi connectivity index (χ3n) is 7.27. The van der Waals surface area contributed by atoms with Gasteiger partial charge in [-0.1, -0.05) is 30.3 Å². The van der Waals surface area contributed by atoms with Gasteiger partial charge in [-0.3, -0.25) is 14.5 Å². The average Bonchev–Trinajstić information content (AvgIpc) is 3.61. The maximum absolute atomic E-state index is 12.9. The van der Waals surface area contributed by atoms with E-state index in [4.69, 9.17) is 4.74 Å². The number of carbonyl (C=O) groups excluding carboxylic acids is 2. The molecule has 3 aromatic rings. The van der Waals surface area contributed by atoms with Gasteiger partial charge in [0.05, 0.1) is 13.7 Å². The maximum Gasteiger partial charge on any atom is 0.234 e. The van der Waals surface area contributed by atoms with Crippen molar-refractivity contribution in [2.45, 2.75) is 37.6 Å². The average molecular weight is 475 g/mol. The smallest absolute Gasteiger partial charge is 0.234 e. The molecule has 1 saturated heterocycles. The molecular formula is C28H34N4O3. The van der Waals surface area contributed by atoms with Crippen molar-refractivity contribution in [1.82, 2.24) is 20.5 Å². The minimum atomic E-state index is 0.0119. The van der Waals surface area contributed by atoms with Gasteiger partial charge in [0.2, 0.25) is 11.8 Å². The van der Waals surface area contributed by atoms with Crippen molar-refractivity contribution >= 4 is 22.7 Å². The first kappa shape index (κ1) is 23.4. The number of carbonyl (C=O) groups is 2. The van der Waals surface area contributed by atoms with Gasteiger partial charge in [-0.25, -0.2) is 0 Å². The first-order chi connectivity index (χ1) is 17.1. The predicted octanol–water partition coefficient (Wildman–Crippen LogP) is 3.42. The van der Waals surface area contributed by atoms with Crippen LogP contribution in [0.2, 0.25) is 0 Å². The summed E-state index contributed by atoms with van der Waals surface area (Å²) in [6.07, 6.45) is 5.90. The molecule has 2 fully saturated rings. The Morgan fingerprint density at radius 2 is 1.80 bits per heavy atom. The molecule has 0 spiro atoms. The summed E-state index contributed by atoms with van der Waals surface area (Å²) >= 11 is 0. The molecule has 1 aromatic heterocycles. The summed E-state index contributed by atoms with van der Waals surface area (Å²) in [6, 6.07) is 16.7. The quantitative estimate of drug-likeness (QED) is 0.444. The first-order valence-electron chi connectivity index (χ1n) is 12.6. The number of rotatable bonds is 9. The van der Waals surface area contributed by atoms with Crippen molar-refractivity contribution in [3.05, 3.63) is 65.9 Å². The number of benzene rings is 2. The zero-order valence-corrected chi connectivity index (χ0v) is 20.3. The number of fused-ring (bicyclic) bond motifs is 1. The van der Waals surface area contributed by atoms with Gasteiger partial charge in [-0.05, 0) is 68.1 Å². The predicted molar refractivity (Wildman–Crippen MR) is 136 cm³/mol. The minimum Gasteiger partial charge on any atom is -0.497 e. The van der Waals surface area contributed by atoms with Crippen molar-refractivity contribution in [2.75, 3.05) is 33.3 Å². The van der Waals surface area contributed by atoms with Crippen LogP contribution in [0.3, 0.4) is 0 Å². The lowest BCUT2D eigenvalue weighted by Gasteiger charge is -2.31. The van der Waals surface area contributed by atoms with Crippen molar-refractivity contribution in [3.63, 3.8) is 0 Å². The molecule has 3 N–H and O–H groups in total. The van der Waals surface area contributed by atoms with Crippen LogP contribution in [0.15, 0.2) is 54.7 Å². The highest BCUT2D eigenvalue weighted by Gasteiger charge is 2.30. The Labute approximate surface area is 206 Å². The van der Waals surface area contributed by atoms with Crippen LogP contribution < -0.4 is 15.4 Å². The number of para-hydroxylation sites is 1. The first-order valence-corrected chi connectivity index (χ1v) is 12.6. The summed E-state index contributed by atoms with van der Waals surface area (Å²) in [5.74, 6) is 1.11. The van der Waals surface area contributed by atoms with Crippen LogP contribution in [0.1, 0.15) is 42.7 Å². The van der Waals surface area contributed by atoms with Gasteiger partial charge >= 0.3 is 0 Å². The molecule has 184 valence electrons. The normalized spacial score (nSPS) is 17.7. The fraction of sp³-hybridized carbons (Fsp3) is 0.429. The number of H-pyrrole nitrogens is 1. The van der Waals surface area contributed by atoms with Gasteiger partial charge in [0.15, 0.2) is 0 Å². The van der Waals surface area contributed by atoms with Gasteiger partial charge in [-0.15, -0.1) is 0 Å².